The number of urea groups is 1. The van der Waals surface area contributed by atoms with Crippen LogP contribution in [0.3, 0.4) is 0 Å². The van der Waals surface area contributed by atoms with Gasteiger partial charge in [0.2, 0.25) is 5.91 Å². The fourth-order valence-corrected chi connectivity index (χ4v) is 2.16. The van der Waals surface area contributed by atoms with Crippen molar-refractivity contribution in [3.05, 3.63) is 23.8 Å². The molecule has 7 heteroatoms. The van der Waals surface area contributed by atoms with Crippen LogP contribution < -0.4 is 25.8 Å². The van der Waals surface area contributed by atoms with Gasteiger partial charge in [-0.1, -0.05) is 19.9 Å². The van der Waals surface area contributed by atoms with Crippen molar-refractivity contribution in [3.63, 3.8) is 0 Å². The van der Waals surface area contributed by atoms with Crippen LogP contribution in [-0.2, 0) is 11.2 Å². The lowest BCUT2D eigenvalue weighted by atomic mass is 10.0. The van der Waals surface area contributed by atoms with Gasteiger partial charge in [0, 0.05) is 6.54 Å². The van der Waals surface area contributed by atoms with E-state index in [0.29, 0.717) is 24.5 Å². The van der Waals surface area contributed by atoms with E-state index >= 15 is 0 Å². The summed E-state index contributed by atoms with van der Waals surface area (Å²) in [5, 5.41) is 5.25. The van der Waals surface area contributed by atoms with E-state index in [9.17, 15) is 9.59 Å². The molecule has 0 aliphatic rings. The van der Waals surface area contributed by atoms with Crippen LogP contribution in [0.15, 0.2) is 18.2 Å². The molecule has 0 radical (unpaired) electrons. The molecule has 0 fully saturated rings. The normalized spacial score (nSPS) is 11.7. The molecule has 23 heavy (non-hydrogen) atoms. The number of carbonyl (C=O) groups is 2. The summed E-state index contributed by atoms with van der Waals surface area (Å²) in [5.41, 5.74) is 6.10. The second kappa shape index (κ2) is 8.87. The van der Waals surface area contributed by atoms with Gasteiger partial charge in [-0.25, -0.2) is 4.79 Å². The lowest BCUT2D eigenvalue weighted by Crippen LogP contribution is -2.51. The Morgan fingerprint density at radius 3 is 2.35 bits per heavy atom. The molecule has 4 N–H and O–H groups in total. The molecule has 0 saturated carbocycles. The highest BCUT2D eigenvalue weighted by Crippen LogP contribution is 2.27. The van der Waals surface area contributed by atoms with E-state index in [1.165, 1.54) is 0 Å². The smallest absolute Gasteiger partial charge is 0.312 e. The highest BCUT2D eigenvalue weighted by atomic mass is 16.5. The fraction of sp³-hybridized carbons (Fsp3) is 0.500. The molecule has 0 heterocycles. The molecule has 0 bridgehead atoms. The minimum Gasteiger partial charge on any atom is -0.493 e. The van der Waals surface area contributed by atoms with E-state index < -0.39 is 12.1 Å². The third-order valence-electron chi connectivity index (χ3n) is 3.41. The first kappa shape index (κ1) is 18.6. The second-order valence-electron chi connectivity index (χ2n) is 5.46. The van der Waals surface area contributed by atoms with Crippen LogP contribution >= 0.6 is 0 Å². The Morgan fingerprint density at radius 1 is 1.17 bits per heavy atom. The molecule has 3 amide bonds. The number of amides is 3. The fourth-order valence-electron chi connectivity index (χ4n) is 2.16. The van der Waals surface area contributed by atoms with Crippen molar-refractivity contribution in [1.82, 2.24) is 10.6 Å². The zero-order chi connectivity index (χ0) is 17.4. The van der Waals surface area contributed by atoms with E-state index in [-0.39, 0.29) is 11.8 Å². The number of carbonyl (C=O) groups excluding carboxylic acids is 2. The average molecular weight is 323 g/mol. The minimum absolute atomic E-state index is 0.0522. The van der Waals surface area contributed by atoms with Crippen LogP contribution in [0, 0.1) is 5.92 Å². The largest absolute Gasteiger partial charge is 0.493 e. The van der Waals surface area contributed by atoms with Crippen molar-refractivity contribution in [2.24, 2.45) is 11.7 Å². The van der Waals surface area contributed by atoms with Crippen LogP contribution in [-0.4, -0.2) is 38.7 Å². The van der Waals surface area contributed by atoms with Crippen molar-refractivity contribution in [2.75, 3.05) is 20.8 Å². The summed E-state index contributed by atoms with van der Waals surface area (Å²) in [4.78, 5) is 23.1. The van der Waals surface area contributed by atoms with Crippen LogP contribution in [0.1, 0.15) is 19.4 Å². The molecule has 1 aromatic carbocycles. The van der Waals surface area contributed by atoms with Gasteiger partial charge in [-0.3, -0.25) is 4.79 Å². The molecule has 0 saturated heterocycles. The highest BCUT2D eigenvalue weighted by Gasteiger charge is 2.22. The number of hydrogen-bond donors (Lipinski definition) is 3. The van der Waals surface area contributed by atoms with Crippen molar-refractivity contribution in [1.29, 1.82) is 0 Å². The number of ether oxygens (including phenoxy) is 2. The van der Waals surface area contributed by atoms with Crippen LogP contribution in [0.5, 0.6) is 11.5 Å². The van der Waals surface area contributed by atoms with Crippen molar-refractivity contribution in [2.45, 2.75) is 26.3 Å². The number of rotatable bonds is 8. The zero-order valence-electron chi connectivity index (χ0n) is 14.0. The number of nitrogens with one attached hydrogen (secondary N) is 2. The van der Waals surface area contributed by atoms with Crippen molar-refractivity contribution < 1.29 is 19.1 Å². The minimum atomic E-state index is -0.709. The molecule has 7 nitrogen and oxygen atoms in total. The molecule has 0 aliphatic heterocycles. The maximum atomic E-state index is 12.1. The van der Waals surface area contributed by atoms with Gasteiger partial charge >= 0.3 is 6.03 Å². The van der Waals surface area contributed by atoms with Crippen molar-refractivity contribution >= 4 is 11.9 Å². The van der Waals surface area contributed by atoms with E-state index in [1.54, 1.807) is 14.2 Å². The Kier molecular flexibility index (Phi) is 7.18. The molecule has 1 aromatic rings. The van der Waals surface area contributed by atoms with Gasteiger partial charge in [-0.05, 0) is 30.0 Å². The van der Waals surface area contributed by atoms with E-state index in [4.69, 9.17) is 15.2 Å². The maximum Gasteiger partial charge on any atom is 0.312 e. The Bertz CT molecular complexity index is 546. The topological polar surface area (TPSA) is 103 Å². The zero-order valence-corrected chi connectivity index (χ0v) is 14.0. The maximum absolute atomic E-state index is 12.1. The molecular weight excluding hydrogens is 298 g/mol. The molecule has 1 atom stereocenters. The van der Waals surface area contributed by atoms with E-state index in [0.717, 1.165) is 5.56 Å². The molecule has 0 aliphatic carbocycles. The Labute approximate surface area is 136 Å². The van der Waals surface area contributed by atoms with Gasteiger partial charge in [0.15, 0.2) is 11.5 Å². The number of hydrogen-bond acceptors (Lipinski definition) is 4. The summed E-state index contributed by atoms with van der Waals surface area (Å²) in [6.07, 6.45) is 0.632. The summed E-state index contributed by atoms with van der Waals surface area (Å²) in [6.45, 7) is 4.13. The van der Waals surface area contributed by atoms with Gasteiger partial charge in [0.25, 0.3) is 0 Å². The van der Waals surface area contributed by atoms with Crippen LogP contribution in [0.4, 0.5) is 4.79 Å². The molecule has 0 spiro atoms. The van der Waals surface area contributed by atoms with Gasteiger partial charge in [0.1, 0.15) is 6.04 Å². The molecule has 0 aromatic heterocycles. The number of nitrogens with two attached hydrogens (primary N) is 1. The predicted octanol–water partition coefficient (Wildman–Crippen LogP) is 1.06. The van der Waals surface area contributed by atoms with Gasteiger partial charge in [-0.15, -0.1) is 0 Å². The molecule has 128 valence electrons. The SMILES string of the molecule is COc1ccc(CCNC(=O)[C@H](NC(N)=O)C(C)C)cc1OC. The lowest BCUT2D eigenvalue weighted by Gasteiger charge is -2.20. The van der Waals surface area contributed by atoms with E-state index in [2.05, 4.69) is 10.6 Å². The second-order valence-corrected chi connectivity index (χ2v) is 5.46. The third-order valence-corrected chi connectivity index (χ3v) is 3.41. The lowest BCUT2D eigenvalue weighted by molar-refractivity contribution is -0.123. The van der Waals surface area contributed by atoms with E-state index in [1.807, 2.05) is 32.0 Å². The first-order valence-corrected chi connectivity index (χ1v) is 7.43. The summed E-state index contributed by atoms with van der Waals surface area (Å²) in [7, 11) is 3.15. The average Bonchev–Trinajstić information content (AvgIpc) is 2.51. The Balaban J connectivity index is 2.58. The number of primary amides is 1. The summed E-state index contributed by atoms with van der Waals surface area (Å²) in [6, 6.07) is 4.25. The van der Waals surface area contributed by atoms with Gasteiger partial charge in [0.05, 0.1) is 14.2 Å². The monoisotopic (exact) mass is 323 g/mol. The number of benzene rings is 1. The first-order chi connectivity index (χ1) is 10.9. The number of methoxy groups -OCH3 is 2. The first-order valence-electron chi connectivity index (χ1n) is 7.43. The van der Waals surface area contributed by atoms with Crippen LogP contribution in [0.2, 0.25) is 0 Å². The third kappa shape index (κ3) is 5.69. The summed E-state index contributed by atoms with van der Waals surface area (Å²) >= 11 is 0. The van der Waals surface area contributed by atoms with Gasteiger partial charge < -0.3 is 25.8 Å². The quantitative estimate of drug-likeness (QED) is 0.665. The molecule has 1 rings (SSSR count). The predicted molar refractivity (Wildman–Crippen MR) is 87.6 cm³/mol. The summed E-state index contributed by atoms with van der Waals surface area (Å²) < 4.78 is 10.4. The Hall–Kier alpha value is -2.44. The standard InChI is InChI=1S/C16H25N3O4/c1-10(2)14(19-16(17)21)15(20)18-8-7-11-5-6-12(22-3)13(9-11)23-4/h5-6,9-10,14H,7-8H2,1-4H3,(H,18,20)(H3,17,19,21)/t14-/m1/s1. The van der Waals surface area contributed by atoms with Crippen molar-refractivity contribution in [3.8, 4) is 11.5 Å². The van der Waals surface area contributed by atoms with Crippen LogP contribution in [0.25, 0.3) is 0 Å². The Morgan fingerprint density at radius 2 is 1.83 bits per heavy atom. The highest BCUT2D eigenvalue weighted by molar-refractivity contribution is 5.86. The molecular formula is C16H25N3O4. The van der Waals surface area contributed by atoms with Gasteiger partial charge in [-0.2, -0.15) is 0 Å². The molecule has 0 unspecified atom stereocenters. The summed E-state index contributed by atoms with van der Waals surface area (Å²) in [5.74, 6) is 1.00.